The Bertz CT molecular complexity index is 1150. The Balaban J connectivity index is 1.41. The summed E-state index contributed by atoms with van der Waals surface area (Å²) in [5.41, 5.74) is 1.61. The fourth-order valence-electron chi connectivity index (χ4n) is 5.16. The summed E-state index contributed by atoms with van der Waals surface area (Å²) in [5.74, 6) is -0.651. The molecular weight excluding hydrogens is 506 g/mol. The minimum Gasteiger partial charge on any atom is -0.368 e. The normalized spacial score (nSPS) is 27.6. The van der Waals surface area contributed by atoms with Gasteiger partial charge in [0.1, 0.15) is 23.4 Å². The van der Waals surface area contributed by atoms with E-state index in [4.69, 9.17) is 0 Å². The van der Waals surface area contributed by atoms with Crippen LogP contribution in [0.4, 0.5) is 14.5 Å². The van der Waals surface area contributed by atoms with Gasteiger partial charge < -0.3 is 10.2 Å². The van der Waals surface area contributed by atoms with Crippen molar-refractivity contribution in [1.82, 2.24) is 10.3 Å². The number of anilines is 1. The molecule has 11 heteroatoms. The number of carbonyl (C=O) groups excluding carboxylic acids is 1. The van der Waals surface area contributed by atoms with Gasteiger partial charge in [0, 0.05) is 30.6 Å². The third-order valence-electron chi connectivity index (χ3n) is 7.48. The van der Waals surface area contributed by atoms with E-state index in [9.17, 15) is 27.9 Å². The van der Waals surface area contributed by atoms with Crippen LogP contribution in [0.25, 0.3) is 10.4 Å². The Morgan fingerprint density at radius 1 is 1.25 bits per heavy atom. The van der Waals surface area contributed by atoms with Crippen molar-refractivity contribution in [1.29, 1.82) is 5.26 Å². The van der Waals surface area contributed by atoms with Gasteiger partial charge in [-0.1, -0.05) is 12.1 Å². The minimum atomic E-state index is -2.48. The van der Waals surface area contributed by atoms with Gasteiger partial charge in [0.2, 0.25) is 5.91 Å². The van der Waals surface area contributed by atoms with Gasteiger partial charge in [0.05, 0.1) is 28.1 Å². The van der Waals surface area contributed by atoms with E-state index in [2.05, 4.69) is 21.3 Å². The number of benzene rings is 1. The van der Waals surface area contributed by atoms with Gasteiger partial charge in [-0.05, 0) is 49.8 Å². The molecule has 5 rings (SSSR count). The maximum atomic E-state index is 14.4. The first kappa shape index (κ1) is 25.4. The van der Waals surface area contributed by atoms with Crippen molar-refractivity contribution >= 4 is 33.5 Å². The third-order valence-corrected chi connectivity index (χ3v) is 10.2. The summed E-state index contributed by atoms with van der Waals surface area (Å²) in [7, 11) is -2.48. The van der Waals surface area contributed by atoms with Crippen molar-refractivity contribution < 1.29 is 22.7 Å². The molecule has 0 spiro atoms. The van der Waals surface area contributed by atoms with E-state index in [1.807, 2.05) is 24.3 Å². The second kappa shape index (κ2) is 9.89. The number of nitrogens with zero attached hydrogens (tertiary/aromatic N) is 3. The fraction of sp³-hybridized carbons (Fsp3) is 0.560. The first-order valence-electron chi connectivity index (χ1n) is 12.2. The van der Waals surface area contributed by atoms with E-state index < -0.39 is 34.9 Å². The second-order valence-electron chi connectivity index (χ2n) is 10.0. The van der Waals surface area contributed by atoms with Crippen molar-refractivity contribution in [2.45, 2.75) is 56.4 Å². The van der Waals surface area contributed by atoms with Gasteiger partial charge in [-0.15, -0.1) is 11.3 Å². The van der Waals surface area contributed by atoms with Crippen LogP contribution in [0.2, 0.25) is 0 Å². The van der Waals surface area contributed by atoms with Gasteiger partial charge in [0.15, 0.2) is 0 Å². The molecule has 1 saturated heterocycles. The number of rotatable bonds is 6. The average molecular weight is 537 g/mol. The zero-order valence-corrected chi connectivity index (χ0v) is 21.5. The second-order valence-corrected chi connectivity index (χ2v) is 13.5. The molecule has 7 nitrogen and oxygen atoms in total. The molecule has 3 N–H and O–H groups in total. The number of carbonyl (C=O) groups is 1. The van der Waals surface area contributed by atoms with E-state index in [-0.39, 0.29) is 18.2 Å². The molecular formula is C25H30F2N4O3S2. The Labute approximate surface area is 214 Å². The van der Waals surface area contributed by atoms with Crippen LogP contribution in [0.15, 0.2) is 24.3 Å². The van der Waals surface area contributed by atoms with Crippen LogP contribution in [0.3, 0.4) is 0 Å². The Hall–Kier alpha value is -2.26. The maximum absolute atomic E-state index is 14.4. The highest BCUT2D eigenvalue weighted by Crippen LogP contribution is 2.46. The van der Waals surface area contributed by atoms with E-state index in [0.717, 1.165) is 16.1 Å². The quantitative estimate of drug-likeness (QED) is 0.466. The average Bonchev–Trinajstić information content (AvgIpc) is 3.51. The van der Waals surface area contributed by atoms with Gasteiger partial charge in [0.25, 0.3) is 0 Å². The Morgan fingerprint density at radius 2 is 1.94 bits per heavy atom. The lowest BCUT2D eigenvalue weighted by Gasteiger charge is -2.41. The lowest BCUT2D eigenvalue weighted by molar-refractivity contribution is -0.128. The number of hydrogen-bond acceptors (Lipinski definition) is 7. The summed E-state index contributed by atoms with van der Waals surface area (Å²) in [6, 6.07) is 9.94. The van der Waals surface area contributed by atoms with Crippen LogP contribution >= 0.6 is 21.9 Å². The van der Waals surface area contributed by atoms with Crippen LogP contribution in [-0.2, 0) is 11.5 Å². The van der Waals surface area contributed by atoms with E-state index >= 15 is 0 Å². The molecule has 2 heterocycles. The molecule has 1 aromatic carbocycles. The molecule has 3 aliphatic rings. The van der Waals surface area contributed by atoms with Crippen LogP contribution < -0.4 is 10.2 Å². The van der Waals surface area contributed by atoms with Crippen LogP contribution in [-0.4, -0.2) is 56.3 Å². The van der Waals surface area contributed by atoms with E-state index in [1.54, 1.807) is 0 Å². The predicted molar refractivity (Wildman–Crippen MR) is 138 cm³/mol. The number of nitriles is 1. The zero-order chi connectivity index (χ0) is 25.5. The third kappa shape index (κ3) is 5.23. The number of nitrogens with one attached hydrogen (secondary N) is 1. The Kier molecular flexibility index (Phi) is 6.98. The number of amides is 1. The molecule has 3 fully saturated rings. The van der Waals surface area contributed by atoms with Crippen LogP contribution in [0, 0.1) is 17.2 Å². The van der Waals surface area contributed by atoms with Crippen molar-refractivity contribution in [2.75, 3.05) is 29.5 Å². The van der Waals surface area contributed by atoms with Gasteiger partial charge in [-0.3, -0.25) is 13.9 Å². The largest absolute Gasteiger partial charge is 0.368 e. The molecule has 194 valence electrons. The van der Waals surface area contributed by atoms with Crippen molar-refractivity contribution in [3.8, 4) is 16.5 Å². The van der Waals surface area contributed by atoms with E-state index in [1.165, 1.54) is 11.3 Å². The molecule has 0 unspecified atom stereocenters. The fourth-order valence-corrected chi connectivity index (χ4v) is 7.38. The summed E-state index contributed by atoms with van der Waals surface area (Å²) in [4.78, 5) is 20.6. The predicted octanol–water partition coefficient (Wildman–Crippen LogP) is 5.24. The molecule has 1 aromatic heterocycles. The molecule has 1 amide bonds. The highest BCUT2D eigenvalue weighted by Gasteiger charge is 2.48. The number of alkyl halides is 2. The van der Waals surface area contributed by atoms with Crippen LogP contribution in [0.1, 0.15) is 48.7 Å². The monoisotopic (exact) mass is 536 g/mol. The smallest absolute Gasteiger partial charge is 0.225 e. The van der Waals surface area contributed by atoms with Gasteiger partial charge >= 0.3 is 0 Å². The van der Waals surface area contributed by atoms with Crippen LogP contribution in [0.5, 0.6) is 0 Å². The molecule has 0 radical (unpaired) electrons. The summed E-state index contributed by atoms with van der Waals surface area (Å²) < 4.78 is 47.9. The molecule has 1 aliphatic heterocycles. The summed E-state index contributed by atoms with van der Waals surface area (Å²) in [6.45, 7) is 0.405. The van der Waals surface area contributed by atoms with Crippen molar-refractivity contribution in [3.05, 3.63) is 35.0 Å². The molecule has 3 atom stereocenters. The standard InChI is InChI=1S/C25H30F2N4O3S2/c26-14-21-29-22(19-6-3-17(27)13-20(19)24(32)30-25(15-28)7-8-25)23(35-21)16-1-4-18(5-2-16)31-9-11-36(33,34)12-10-31/h1-2,4-5,17,19-20,33-34H,3,6-14H2,(H,30,32)/t17-,19+,20+/m0/s1. The molecule has 36 heavy (non-hydrogen) atoms. The first-order chi connectivity index (χ1) is 17.2. The number of aromatic nitrogens is 1. The minimum absolute atomic E-state index is 0.0625. The highest BCUT2D eigenvalue weighted by molar-refractivity contribution is 8.24. The summed E-state index contributed by atoms with van der Waals surface area (Å²) in [6.07, 6.45) is 0.905. The number of hydrogen-bond donors (Lipinski definition) is 3. The SMILES string of the molecule is N#CC1(NC(=O)[C@@H]2C[C@@H](F)CC[C@H]2c2nc(CF)sc2-c2ccc(N3CCS(O)(O)CC3)cc2)CC1. The summed E-state index contributed by atoms with van der Waals surface area (Å²) >= 11 is 1.25. The highest BCUT2D eigenvalue weighted by atomic mass is 32.3. The number of halogens is 2. The molecule has 2 saturated carbocycles. The van der Waals surface area contributed by atoms with Gasteiger partial charge in [-0.2, -0.15) is 15.9 Å². The molecule has 2 aromatic rings. The van der Waals surface area contributed by atoms with Gasteiger partial charge in [-0.25, -0.2) is 13.8 Å². The number of thiazole rings is 1. The maximum Gasteiger partial charge on any atom is 0.225 e. The van der Waals surface area contributed by atoms with Crippen molar-refractivity contribution in [3.63, 3.8) is 0 Å². The first-order valence-corrected chi connectivity index (χ1v) is 14.9. The van der Waals surface area contributed by atoms with Crippen molar-refractivity contribution in [2.24, 2.45) is 5.92 Å². The lowest BCUT2D eigenvalue weighted by Crippen LogP contribution is -2.44. The zero-order valence-electron chi connectivity index (χ0n) is 19.8. The molecule has 0 bridgehead atoms. The molecule has 2 aliphatic carbocycles. The Morgan fingerprint density at radius 3 is 2.56 bits per heavy atom. The summed E-state index contributed by atoms with van der Waals surface area (Å²) in [5, 5.41) is 12.5. The van der Waals surface area contributed by atoms with E-state index in [0.29, 0.717) is 61.0 Å². The topological polar surface area (TPSA) is 109 Å². The lowest BCUT2D eigenvalue weighted by atomic mass is 9.75.